The minimum absolute atomic E-state index is 0.551. The van der Waals surface area contributed by atoms with Crippen molar-refractivity contribution >= 4 is 51.1 Å². The van der Waals surface area contributed by atoms with E-state index in [1.54, 1.807) is 28.8 Å². The molecule has 4 rings (SSSR count). The van der Waals surface area contributed by atoms with Gasteiger partial charge in [-0.25, -0.2) is 0 Å². The molecule has 2 heterocycles. The van der Waals surface area contributed by atoms with Crippen LogP contribution in [0, 0.1) is 0 Å². The van der Waals surface area contributed by atoms with Crippen molar-refractivity contribution in [2.24, 2.45) is 0 Å². The Hall–Kier alpha value is -1.66. The van der Waals surface area contributed by atoms with Gasteiger partial charge in [-0.3, -0.25) is 0 Å². The number of rotatable bonds is 2. The summed E-state index contributed by atoms with van der Waals surface area (Å²) in [6, 6.07) is 12.7. The summed E-state index contributed by atoms with van der Waals surface area (Å²) < 4.78 is 1.70. The van der Waals surface area contributed by atoms with Gasteiger partial charge in [-0.15, -0.1) is 10.2 Å². The smallest absolute Gasteiger partial charge is 0.182 e. The molecule has 2 aromatic heterocycles. The minimum atomic E-state index is 0.551. The summed E-state index contributed by atoms with van der Waals surface area (Å²) in [4.78, 5) is 0.691. The monoisotopic (exact) mass is 380 g/mol. The quantitative estimate of drug-likeness (QED) is 0.462. The van der Waals surface area contributed by atoms with Gasteiger partial charge in [0.2, 0.25) is 4.96 Å². The molecule has 4 nitrogen and oxygen atoms in total. The van der Waals surface area contributed by atoms with Gasteiger partial charge < -0.3 is 0 Å². The Balaban J connectivity index is 1.84. The molecule has 23 heavy (non-hydrogen) atoms. The summed E-state index contributed by atoms with van der Waals surface area (Å²) in [6.07, 6.45) is 0. The van der Waals surface area contributed by atoms with Crippen molar-refractivity contribution in [1.82, 2.24) is 19.8 Å². The van der Waals surface area contributed by atoms with E-state index in [9.17, 15) is 0 Å². The number of nitrogens with zero attached hydrogens (tertiary/aromatic N) is 4. The molecule has 0 saturated heterocycles. The van der Waals surface area contributed by atoms with Crippen LogP contribution >= 0.6 is 46.1 Å². The highest BCUT2D eigenvalue weighted by molar-refractivity contribution is 7.19. The topological polar surface area (TPSA) is 43.1 Å². The van der Waals surface area contributed by atoms with E-state index in [1.165, 1.54) is 11.3 Å². The molecule has 0 aliphatic carbocycles. The molecule has 2 aromatic carbocycles. The Morgan fingerprint density at radius 3 is 2.35 bits per heavy atom. The zero-order valence-corrected chi connectivity index (χ0v) is 14.5. The van der Waals surface area contributed by atoms with Crippen LogP contribution in [0.25, 0.3) is 26.9 Å². The fraction of sp³-hybridized carbons (Fsp3) is 0. The predicted octanol–water partition coefficient (Wildman–Crippen LogP) is 5.48. The van der Waals surface area contributed by atoms with Crippen molar-refractivity contribution in [1.29, 1.82) is 0 Å². The van der Waals surface area contributed by atoms with Gasteiger partial charge in [-0.1, -0.05) is 46.1 Å². The standard InChI is InChI=1S/C15H7Cl3N4S/c16-9-3-1-8(2-4-9)13-19-20-15-22(13)21-14(23-15)11-6-5-10(17)7-12(11)18/h1-7H. The van der Waals surface area contributed by atoms with Gasteiger partial charge in [0.05, 0.1) is 5.02 Å². The first-order valence-electron chi connectivity index (χ1n) is 6.55. The third-order valence-electron chi connectivity index (χ3n) is 3.25. The van der Waals surface area contributed by atoms with E-state index < -0.39 is 0 Å². The summed E-state index contributed by atoms with van der Waals surface area (Å²) >= 11 is 19.5. The van der Waals surface area contributed by atoms with Gasteiger partial charge in [0.15, 0.2) is 5.82 Å². The zero-order valence-electron chi connectivity index (χ0n) is 11.4. The van der Waals surface area contributed by atoms with Crippen LogP contribution in [0.5, 0.6) is 0 Å². The van der Waals surface area contributed by atoms with E-state index in [1.807, 2.05) is 18.2 Å². The Bertz CT molecular complexity index is 1010. The van der Waals surface area contributed by atoms with E-state index in [-0.39, 0.29) is 0 Å². The molecule has 0 atom stereocenters. The van der Waals surface area contributed by atoms with Gasteiger partial charge in [-0.2, -0.15) is 9.61 Å². The number of fused-ring (bicyclic) bond motifs is 1. The zero-order chi connectivity index (χ0) is 16.0. The molecule has 0 N–H and O–H groups in total. The average Bonchev–Trinajstić information content (AvgIpc) is 3.08. The lowest BCUT2D eigenvalue weighted by Gasteiger charge is -2.00. The van der Waals surface area contributed by atoms with Gasteiger partial charge in [0.25, 0.3) is 0 Å². The van der Waals surface area contributed by atoms with Crippen molar-refractivity contribution in [3.8, 4) is 22.0 Å². The van der Waals surface area contributed by atoms with Crippen LogP contribution in [0.1, 0.15) is 0 Å². The molecular formula is C15H7Cl3N4S. The Labute approximate surface area is 150 Å². The van der Waals surface area contributed by atoms with Gasteiger partial charge in [-0.05, 0) is 42.5 Å². The number of halogens is 3. The Morgan fingerprint density at radius 2 is 1.61 bits per heavy atom. The molecule has 0 radical (unpaired) electrons. The van der Waals surface area contributed by atoms with Crippen LogP contribution in [-0.2, 0) is 0 Å². The largest absolute Gasteiger partial charge is 0.235 e. The summed E-state index contributed by atoms with van der Waals surface area (Å²) in [6.45, 7) is 0. The number of hydrogen-bond donors (Lipinski definition) is 0. The van der Waals surface area contributed by atoms with Crippen LogP contribution in [0.2, 0.25) is 15.1 Å². The van der Waals surface area contributed by atoms with Gasteiger partial charge in [0.1, 0.15) is 5.01 Å². The second-order valence-corrected chi connectivity index (χ2v) is 6.99. The van der Waals surface area contributed by atoms with Crippen LogP contribution in [-0.4, -0.2) is 19.8 Å². The Morgan fingerprint density at radius 1 is 0.870 bits per heavy atom. The van der Waals surface area contributed by atoms with Crippen LogP contribution in [0.3, 0.4) is 0 Å². The fourth-order valence-electron chi connectivity index (χ4n) is 2.17. The van der Waals surface area contributed by atoms with E-state index >= 15 is 0 Å². The fourth-order valence-corrected chi connectivity index (χ4v) is 3.73. The van der Waals surface area contributed by atoms with E-state index in [4.69, 9.17) is 34.8 Å². The lowest BCUT2D eigenvalue weighted by Crippen LogP contribution is -1.91. The highest BCUT2D eigenvalue weighted by atomic mass is 35.5. The highest BCUT2D eigenvalue weighted by Crippen LogP contribution is 2.34. The van der Waals surface area contributed by atoms with Crippen LogP contribution in [0.4, 0.5) is 0 Å². The third kappa shape index (κ3) is 2.70. The molecule has 0 amide bonds. The van der Waals surface area contributed by atoms with E-state index in [0.717, 1.165) is 16.1 Å². The van der Waals surface area contributed by atoms with Crippen molar-refractivity contribution < 1.29 is 0 Å². The van der Waals surface area contributed by atoms with E-state index in [0.29, 0.717) is 25.9 Å². The maximum Gasteiger partial charge on any atom is 0.235 e. The van der Waals surface area contributed by atoms with Crippen molar-refractivity contribution in [2.45, 2.75) is 0 Å². The number of benzene rings is 2. The molecular weight excluding hydrogens is 375 g/mol. The minimum Gasteiger partial charge on any atom is -0.182 e. The summed E-state index contributed by atoms with van der Waals surface area (Å²) in [7, 11) is 0. The maximum absolute atomic E-state index is 6.26. The predicted molar refractivity (Wildman–Crippen MR) is 94.6 cm³/mol. The van der Waals surface area contributed by atoms with Gasteiger partial charge >= 0.3 is 0 Å². The Kier molecular flexibility index (Phi) is 3.73. The molecule has 0 bridgehead atoms. The summed E-state index contributed by atoms with van der Waals surface area (Å²) in [5, 5.41) is 15.5. The number of hydrogen-bond acceptors (Lipinski definition) is 4. The SMILES string of the molecule is Clc1ccc(-c2nnc3sc(-c4ccc(Cl)cc4Cl)nn23)cc1. The molecule has 0 aliphatic heterocycles. The maximum atomic E-state index is 6.26. The van der Waals surface area contributed by atoms with Crippen LogP contribution < -0.4 is 0 Å². The molecule has 4 aromatic rings. The molecule has 114 valence electrons. The second-order valence-electron chi connectivity index (χ2n) is 4.76. The molecule has 8 heteroatoms. The summed E-state index contributed by atoms with van der Waals surface area (Å²) in [5.74, 6) is 0.657. The molecule has 0 aliphatic rings. The van der Waals surface area contributed by atoms with Crippen molar-refractivity contribution in [3.05, 3.63) is 57.5 Å². The molecule has 0 spiro atoms. The normalized spacial score (nSPS) is 11.3. The van der Waals surface area contributed by atoms with Crippen molar-refractivity contribution in [3.63, 3.8) is 0 Å². The molecule has 0 unspecified atom stereocenters. The van der Waals surface area contributed by atoms with Crippen molar-refractivity contribution in [2.75, 3.05) is 0 Å². The first-order chi connectivity index (χ1) is 11.1. The number of aromatic nitrogens is 4. The van der Waals surface area contributed by atoms with Crippen LogP contribution in [0.15, 0.2) is 42.5 Å². The lowest BCUT2D eigenvalue weighted by atomic mass is 10.2. The van der Waals surface area contributed by atoms with E-state index in [2.05, 4.69) is 15.3 Å². The first kappa shape index (κ1) is 14.9. The third-order valence-corrected chi connectivity index (χ3v) is 4.99. The highest BCUT2D eigenvalue weighted by Gasteiger charge is 2.16. The molecule has 0 saturated carbocycles. The lowest BCUT2D eigenvalue weighted by molar-refractivity contribution is 0.971. The second kappa shape index (κ2) is 5.76. The summed E-state index contributed by atoms with van der Waals surface area (Å²) in [5.41, 5.74) is 1.70. The molecule has 0 fully saturated rings. The first-order valence-corrected chi connectivity index (χ1v) is 8.50. The average molecular weight is 382 g/mol. The van der Waals surface area contributed by atoms with Gasteiger partial charge in [0, 0.05) is 21.2 Å².